The van der Waals surface area contributed by atoms with Crippen LogP contribution in [0.3, 0.4) is 0 Å². The molecule has 0 aliphatic rings. The zero-order valence-corrected chi connectivity index (χ0v) is 17.7. The Balaban J connectivity index is 1.43. The van der Waals surface area contributed by atoms with Gasteiger partial charge in [-0.3, -0.25) is 4.40 Å². The van der Waals surface area contributed by atoms with Crippen LogP contribution in [0.5, 0.6) is 5.75 Å². The van der Waals surface area contributed by atoms with Gasteiger partial charge in [0.1, 0.15) is 29.5 Å². The van der Waals surface area contributed by atoms with Crippen molar-refractivity contribution in [1.82, 2.24) is 9.38 Å². The number of carbonyl (C=O) groups is 1. The maximum atomic E-state index is 11.2. The summed E-state index contributed by atoms with van der Waals surface area (Å²) in [4.78, 5) is 16.0. The number of hydrogen-bond donors (Lipinski definition) is 2. The van der Waals surface area contributed by atoms with Crippen LogP contribution < -0.4 is 10.1 Å². The fourth-order valence-corrected chi connectivity index (χ4v) is 3.60. The van der Waals surface area contributed by atoms with E-state index in [-0.39, 0.29) is 5.56 Å². The van der Waals surface area contributed by atoms with Gasteiger partial charge in [-0.2, -0.15) is 0 Å². The van der Waals surface area contributed by atoms with E-state index in [4.69, 9.17) is 14.8 Å². The number of carboxylic acid groups (broad SMARTS) is 1. The summed E-state index contributed by atoms with van der Waals surface area (Å²) in [5, 5.41) is 12.5. The van der Waals surface area contributed by atoms with Crippen LogP contribution in [-0.2, 0) is 6.61 Å². The maximum absolute atomic E-state index is 11.2. The zero-order valence-electron chi connectivity index (χ0n) is 17.7. The SMILES string of the molecule is O=C(O)c1ccc(Nc2c(-c3ccc(OCc4ccccc4)cc3)nc3ccccn23)cc1. The third-order valence-corrected chi connectivity index (χ3v) is 5.30. The van der Waals surface area contributed by atoms with Crippen molar-refractivity contribution in [1.29, 1.82) is 0 Å². The predicted octanol–water partition coefficient (Wildman–Crippen LogP) is 6.02. The first kappa shape index (κ1) is 20.3. The molecule has 5 aromatic rings. The van der Waals surface area contributed by atoms with Crippen molar-refractivity contribution in [2.45, 2.75) is 6.61 Å². The first-order valence-electron chi connectivity index (χ1n) is 10.5. The lowest BCUT2D eigenvalue weighted by atomic mass is 10.1. The van der Waals surface area contributed by atoms with Crippen molar-refractivity contribution in [3.8, 4) is 17.0 Å². The molecule has 33 heavy (non-hydrogen) atoms. The molecule has 0 unspecified atom stereocenters. The van der Waals surface area contributed by atoms with Crippen LogP contribution >= 0.6 is 0 Å². The number of anilines is 2. The van der Waals surface area contributed by atoms with Gasteiger partial charge in [0.05, 0.1) is 5.56 Å². The van der Waals surface area contributed by atoms with E-state index in [1.807, 2.05) is 83.4 Å². The van der Waals surface area contributed by atoms with Crippen molar-refractivity contribution in [3.63, 3.8) is 0 Å². The van der Waals surface area contributed by atoms with Crippen molar-refractivity contribution in [2.75, 3.05) is 5.32 Å². The number of rotatable bonds is 7. The number of hydrogen-bond acceptors (Lipinski definition) is 4. The topological polar surface area (TPSA) is 75.9 Å². The van der Waals surface area contributed by atoms with Gasteiger partial charge < -0.3 is 15.2 Å². The number of carboxylic acids is 1. The van der Waals surface area contributed by atoms with Crippen molar-refractivity contribution < 1.29 is 14.6 Å². The van der Waals surface area contributed by atoms with E-state index in [2.05, 4.69) is 5.32 Å². The normalized spacial score (nSPS) is 10.8. The minimum absolute atomic E-state index is 0.241. The Morgan fingerprint density at radius 1 is 0.879 bits per heavy atom. The number of pyridine rings is 1. The third kappa shape index (κ3) is 4.41. The highest BCUT2D eigenvalue weighted by molar-refractivity contribution is 5.88. The second-order valence-corrected chi connectivity index (χ2v) is 7.54. The average Bonchev–Trinajstić information content (AvgIpc) is 3.22. The van der Waals surface area contributed by atoms with Gasteiger partial charge >= 0.3 is 5.97 Å². The molecular formula is C27H21N3O3. The van der Waals surface area contributed by atoms with Gasteiger partial charge in [-0.05, 0) is 66.2 Å². The zero-order chi connectivity index (χ0) is 22.6. The summed E-state index contributed by atoms with van der Waals surface area (Å²) in [6, 6.07) is 30.4. The lowest BCUT2D eigenvalue weighted by Crippen LogP contribution is -1.99. The van der Waals surface area contributed by atoms with E-state index >= 15 is 0 Å². The van der Waals surface area contributed by atoms with Crippen molar-refractivity contribution in [3.05, 3.63) is 114 Å². The van der Waals surface area contributed by atoms with Crippen molar-refractivity contribution in [2.24, 2.45) is 0 Å². The number of fused-ring (bicyclic) bond motifs is 1. The highest BCUT2D eigenvalue weighted by Crippen LogP contribution is 2.32. The molecule has 162 valence electrons. The molecular weight excluding hydrogens is 414 g/mol. The minimum Gasteiger partial charge on any atom is -0.489 e. The molecule has 2 N–H and O–H groups in total. The number of aromatic carboxylic acids is 1. The maximum Gasteiger partial charge on any atom is 0.335 e. The van der Waals surface area contributed by atoms with Gasteiger partial charge in [-0.25, -0.2) is 9.78 Å². The number of nitrogens with zero attached hydrogens (tertiary/aromatic N) is 2. The molecule has 0 aliphatic carbocycles. The van der Waals surface area contributed by atoms with E-state index in [0.29, 0.717) is 6.61 Å². The first-order chi connectivity index (χ1) is 16.2. The van der Waals surface area contributed by atoms with Crippen LogP contribution in [0.1, 0.15) is 15.9 Å². The Kier molecular flexibility index (Phi) is 5.47. The van der Waals surface area contributed by atoms with E-state index in [9.17, 15) is 4.79 Å². The van der Waals surface area contributed by atoms with Crippen LogP contribution in [0.25, 0.3) is 16.9 Å². The molecule has 3 aromatic carbocycles. The number of nitrogens with one attached hydrogen (secondary N) is 1. The van der Waals surface area contributed by atoms with Gasteiger partial charge in [-0.15, -0.1) is 0 Å². The van der Waals surface area contributed by atoms with Crippen LogP contribution in [0.15, 0.2) is 103 Å². The minimum atomic E-state index is -0.952. The van der Waals surface area contributed by atoms with Crippen molar-refractivity contribution >= 4 is 23.1 Å². The third-order valence-electron chi connectivity index (χ3n) is 5.30. The molecule has 0 saturated carbocycles. The summed E-state index contributed by atoms with van der Waals surface area (Å²) in [6.07, 6.45) is 1.94. The van der Waals surface area contributed by atoms with Gasteiger partial charge in [0.2, 0.25) is 0 Å². The fraction of sp³-hybridized carbons (Fsp3) is 0.0370. The molecule has 0 aliphatic heterocycles. The fourth-order valence-electron chi connectivity index (χ4n) is 3.60. The Labute approximate surface area is 190 Å². The first-order valence-corrected chi connectivity index (χ1v) is 10.5. The largest absolute Gasteiger partial charge is 0.489 e. The van der Waals surface area contributed by atoms with Crippen LogP contribution in [0.2, 0.25) is 0 Å². The predicted molar refractivity (Wildman–Crippen MR) is 128 cm³/mol. The lowest BCUT2D eigenvalue weighted by molar-refractivity contribution is 0.0697. The smallest absolute Gasteiger partial charge is 0.335 e. The quantitative estimate of drug-likeness (QED) is 0.327. The Hall–Kier alpha value is -4.58. The second-order valence-electron chi connectivity index (χ2n) is 7.54. The lowest BCUT2D eigenvalue weighted by Gasteiger charge is -2.10. The monoisotopic (exact) mass is 435 g/mol. The number of aromatic nitrogens is 2. The number of benzene rings is 3. The molecule has 0 spiro atoms. The number of imidazole rings is 1. The van der Waals surface area contributed by atoms with Gasteiger partial charge in [0.25, 0.3) is 0 Å². The molecule has 2 aromatic heterocycles. The summed E-state index contributed by atoms with van der Waals surface area (Å²) < 4.78 is 7.88. The van der Waals surface area contributed by atoms with Gasteiger partial charge in [0, 0.05) is 17.4 Å². The summed E-state index contributed by atoms with van der Waals surface area (Å²) >= 11 is 0. The van der Waals surface area contributed by atoms with Gasteiger partial charge in [0.15, 0.2) is 0 Å². The summed E-state index contributed by atoms with van der Waals surface area (Å²) in [6.45, 7) is 0.508. The number of ether oxygens (including phenoxy) is 1. The Morgan fingerprint density at radius 2 is 1.61 bits per heavy atom. The molecule has 0 radical (unpaired) electrons. The van der Waals surface area contributed by atoms with E-state index < -0.39 is 5.97 Å². The van der Waals surface area contributed by atoms with Crippen LogP contribution in [-0.4, -0.2) is 20.5 Å². The van der Waals surface area contributed by atoms with E-state index in [1.165, 1.54) is 0 Å². The summed E-state index contributed by atoms with van der Waals surface area (Å²) in [7, 11) is 0. The molecule has 6 heteroatoms. The Morgan fingerprint density at radius 3 is 2.33 bits per heavy atom. The van der Waals surface area contributed by atoms with E-state index in [1.54, 1.807) is 24.3 Å². The van der Waals surface area contributed by atoms with Crippen LogP contribution in [0, 0.1) is 0 Å². The molecule has 5 rings (SSSR count). The van der Waals surface area contributed by atoms with E-state index in [0.717, 1.165) is 39.7 Å². The molecule has 0 atom stereocenters. The van der Waals surface area contributed by atoms with Crippen LogP contribution in [0.4, 0.5) is 11.5 Å². The second kappa shape index (κ2) is 8.88. The molecule has 6 nitrogen and oxygen atoms in total. The molecule has 0 fully saturated rings. The average molecular weight is 435 g/mol. The standard InChI is InChI=1S/C27H21N3O3/c31-27(32)21-9-13-22(14-10-21)28-26-25(29-24-8-4-5-17-30(24)26)20-11-15-23(16-12-20)33-18-19-6-2-1-3-7-19/h1-17,28H,18H2,(H,31,32). The molecule has 0 bridgehead atoms. The molecule has 0 amide bonds. The Bertz CT molecular complexity index is 1390. The molecule has 0 saturated heterocycles. The highest BCUT2D eigenvalue weighted by atomic mass is 16.5. The summed E-state index contributed by atoms with van der Waals surface area (Å²) in [5.74, 6) is 0.628. The highest BCUT2D eigenvalue weighted by Gasteiger charge is 2.15. The van der Waals surface area contributed by atoms with Gasteiger partial charge in [-0.1, -0.05) is 36.4 Å². The molecule has 2 heterocycles. The summed E-state index contributed by atoms with van der Waals surface area (Å²) in [5.41, 5.74) is 4.66.